The van der Waals surface area contributed by atoms with Crippen molar-refractivity contribution >= 4 is 15.9 Å². The maximum absolute atomic E-state index is 5.45. The molecular formula is C6H14BrN. The SMILES string of the molecule is CCC(CN)CCBr. The first-order valence-electron chi connectivity index (χ1n) is 3.11. The highest BCUT2D eigenvalue weighted by atomic mass is 79.9. The summed E-state index contributed by atoms with van der Waals surface area (Å²) in [5, 5.41) is 1.09. The van der Waals surface area contributed by atoms with Crippen molar-refractivity contribution in [2.45, 2.75) is 19.8 Å². The third-order valence-electron chi connectivity index (χ3n) is 1.43. The number of hydrogen-bond acceptors (Lipinski definition) is 1. The maximum atomic E-state index is 5.45. The van der Waals surface area contributed by atoms with Gasteiger partial charge in [-0.25, -0.2) is 0 Å². The lowest BCUT2D eigenvalue weighted by atomic mass is 10.0. The van der Waals surface area contributed by atoms with E-state index >= 15 is 0 Å². The van der Waals surface area contributed by atoms with E-state index in [1.54, 1.807) is 0 Å². The minimum Gasteiger partial charge on any atom is -0.330 e. The van der Waals surface area contributed by atoms with Crippen molar-refractivity contribution in [3.63, 3.8) is 0 Å². The van der Waals surface area contributed by atoms with Gasteiger partial charge in [0, 0.05) is 5.33 Å². The Hall–Kier alpha value is 0.440. The van der Waals surface area contributed by atoms with Crippen LogP contribution in [0.2, 0.25) is 0 Å². The standard InChI is InChI=1S/C6H14BrN/c1-2-6(5-8)3-4-7/h6H,2-5,8H2,1H3. The smallest absolute Gasteiger partial charge is 0.00344 e. The Morgan fingerprint density at radius 3 is 2.38 bits per heavy atom. The van der Waals surface area contributed by atoms with Gasteiger partial charge in [-0.2, -0.15) is 0 Å². The first kappa shape index (κ1) is 8.44. The summed E-state index contributed by atoms with van der Waals surface area (Å²) in [6.07, 6.45) is 2.43. The van der Waals surface area contributed by atoms with Gasteiger partial charge in [-0.05, 0) is 18.9 Å². The molecule has 1 unspecified atom stereocenters. The molecule has 2 N–H and O–H groups in total. The van der Waals surface area contributed by atoms with Crippen LogP contribution in [0, 0.1) is 5.92 Å². The van der Waals surface area contributed by atoms with Crippen molar-refractivity contribution in [1.82, 2.24) is 0 Å². The summed E-state index contributed by atoms with van der Waals surface area (Å²) in [7, 11) is 0. The molecule has 50 valence electrons. The highest BCUT2D eigenvalue weighted by Crippen LogP contribution is 2.06. The number of hydrogen-bond donors (Lipinski definition) is 1. The van der Waals surface area contributed by atoms with Crippen molar-refractivity contribution in [1.29, 1.82) is 0 Å². The van der Waals surface area contributed by atoms with E-state index in [1.807, 2.05) is 0 Å². The number of alkyl halides is 1. The van der Waals surface area contributed by atoms with Gasteiger partial charge in [-0.1, -0.05) is 29.3 Å². The lowest BCUT2D eigenvalue weighted by Crippen LogP contribution is -2.13. The highest BCUT2D eigenvalue weighted by molar-refractivity contribution is 9.09. The van der Waals surface area contributed by atoms with Crippen molar-refractivity contribution < 1.29 is 0 Å². The van der Waals surface area contributed by atoms with E-state index in [-0.39, 0.29) is 0 Å². The zero-order chi connectivity index (χ0) is 6.41. The van der Waals surface area contributed by atoms with E-state index < -0.39 is 0 Å². The summed E-state index contributed by atoms with van der Waals surface area (Å²) in [6.45, 7) is 3.02. The third kappa shape index (κ3) is 3.44. The molecule has 0 saturated carbocycles. The highest BCUT2D eigenvalue weighted by Gasteiger charge is 1.99. The van der Waals surface area contributed by atoms with Gasteiger partial charge in [-0.15, -0.1) is 0 Å². The number of rotatable bonds is 4. The second-order valence-electron chi connectivity index (χ2n) is 1.99. The van der Waals surface area contributed by atoms with Crippen LogP contribution in [0.5, 0.6) is 0 Å². The van der Waals surface area contributed by atoms with Gasteiger partial charge >= 0.3 is 0 Å². The Labute approximate surface area is 59.8 Å². The second-order valence-corrected chi connectivity index (χ2v) is 2.78. The monoisotopic (exact) mass is 179 g/mol. The average molecular weight is 180 g/mol. The predicted molar refractivity (Wildman–Crippen MR) is 41.2 cm³/mol. The average Bonchev–Trinajstić information content (AvgIpc) is 1.83. The second kappa shape index (κ2) is 5.57. The fourth-order valence-corrected chi connectivity index (χ4v) is 1.29. The summed E-state index contributed by atoms with van der Waals surface area (Å²) in [4.78, 5) is 0. The zero-order valence-corrected chi connectivity index (χ0v) is 6.95. The molecule has 0 spiro atoms. The molecule has 0 fully saturated rings. The molecule has 0 bridgehead atoms. The van der Waals surface area contributed by atoms with Crippen LogP contribution < -0.4 is 5.73 Å². The molecular weight excluding hydrogens is 166 g/mol. The molecule has 0 aromatic heterocycles. The Kier molecular flexibility index (Phi) is 5.88. The van der Waals surface area contributed by atoms with E-state index in [4.69, 9.17) is 5.73 Å². The Morgan fingerprint density at radius 2 is 2.25 bits per heavy atom. The van der Waals surface area contributed by atoms with Gasteiger partial charge in [0.1, 0.15) is 0 Å². The van der Waals surface area contributed by atoms with Gasteiger partial charge in [-0.3, -0.25) is 0 Å². The van der Waals surface area contributed by atoms with Gasteiger partial charge < -0.3 is 5.73 Å². The van der Waals surface area contributed by atoms with E-state index in [2.05, 4.69) is 22.9 Å². The van der Waals surface area contributed by atoms with E-state index in [0.29, 0.717) is 0 Å². The molecule has 0 aromatic carbocycles. The van der Waals surface area contributed by atoms with Crippen molar-refractivity contribution in [3.8, 4) is 0 Å². The summed E-state index contributed by atoms with van der Waals surface area (Å²) in [6, 6.07) is 0. The van der Waals surface area contributed by atoms with Crippen LogP contribution in [-0.4, -0.2) is 11.9 Å². The molecule has 1 nitrogen and oxygen atoms in total. The zero-order valence-electron chi connectivity index (χ0n) is 5.36. The summed E-state index contributed by atoms with van der Waals surface area (Å²) < 4.78 is 0. The Morgan fingerprint density at radius 1 is 1.62 bits per heavy atom. The Bertz CT molecular complexity index is 43.8. The van der Waals surface area contributed by atoms with Crippen molar-refractivity contribution in [2.24, 2.45) is 11.7 Å². The lowest BCUT2D eigenvalue weighted by Gasteiger charge is -2.07. The molecule has 1 atom stereocenters. The fraction of sp³-hybridized carbons (Fsp3) is 1.00. The molecule has 8 heavy (non-hydrogen) atoms. The van der Waals surface area contributed by atoms with Crippen LogP contribution in [-0.2, 0) is 0 Å². The Balaban J connectivity index is 3.07. The topological polar surface area (TPSA) is 26.0 Å². The molecule has 0 aliphatic carbocycles. The van der Waals surface area contributed by atoms with Gasteiger partial charge in [0.2, 0.25) is 0 Å². The molecule has 0 rings (SSSR count). The molecule has 0 amide bonds. The molecule has 0 heterocycles. The van der Waals surface area contributed by atoms with E-state index in [1.165, 1.54) is 12.8 Å². The lowest BCUT2D eigenvalue weighted by molar-refractivity contribution is 0.510. The summed E-state index contributed by atoms with van der Waals surface area (Å²) in [5.74, 6) is 0.731. The number of nitrogens with two attached hydrogens (primary N) is 1. The van der Waals surface area contributed by atoms with Crippen LogP contribution in [0.4, 0.5) is 0 Å². The normalized spacial score (nSPS) is 13.9. The van der Waals surface area contributed by atoms with Crippen LogP contribution in [0.3, 0.4) is 0 Å². The fourth-order valence-electron chi connectivity index (χ4n) is 0.643. The first-order chi connectivity index (χ1) is 3.85. The van der Waals surface area contributed by atoms with Crippen LogP contribution in [0.15, 0.2) is 0 Å². The first-order valence-corrected chi connectivity index (χ1v) is 4.23. The van der Waals surface area contributed by atoms with Crippen molar-refractivity contribution in [3.05, 3.63) is 0 Å². The molecule has 0 aliphatic rings. The summed E-state index contributed by atoms with van der Waals surface area (Å²) in [5.41, 5.74) is 5.45. The number of halogens is 1. The largest absolute Gasteiger partial charge is 0.330 e. The minimum atomic E-state index is 0.731. The summed E-state index contributed by atoms with van der Waals surface area (Å²) >= 11 is 3.38. The maximum Gasteiger partial charge on any atom is 0.00344 e. The van der Waals surface area contributed by atoms with Gasteiger partial charge in [0.15, 0.2) is 0 Å². The van der Waals surface area contributed by atoms with Crippen LogP contribution >= 0.6 is 15.9 Å². The van der Waals surface area contributed by atoms with Gasteiger partial charge in [0.05, 0.1) is 0 Å². The quantitative estimate of drug-likeness (QED) is 0.655. The molecule has 0 saturated heterocycles. The van der Waals surface area contributed by atoms with Crippen LogP contribution in [0.25, 0.3) is 0 Å². The molecule has 2 heteroatoms. The predicted octanol–water partition coefficient (Wildman–Crippen LogP) is 1.76. The van der Waals surface area contributed by atoms with Gasteiger partial charge in [0.25, 0.3) is 0 Å². The third-order valence-corrected chi connectivity index (χ3v) is 1.89. The van der Waals surface area contributed by atoms with E-state index in [9.17, 15) is 0 Å². The minimum absolute atomic E-state index is 0.731. The molecule has 0 aliphatic heterocycles. The molecule has 0 radical (unpaired) electrons. The van der Waals surface area contributed by atoms with E-state index in [0.717, 1.165) is 17.8 Å². The molecule has 0 aromatic rings. The van der Waals surface area contributed by atoms with Crippen molar-refractivity contribution in [2.75, 3.05) is 11.9 Å². The van der Waals surface area contributed by atoms with Crippen LogP contribution in [0.1, 0.15) is 19.8 Å².